The topological polar surface area (TPSA) is 59.4 Å². The average molecular weight is 384 g/mol. The fraction of sp³-hybridized carbons (Fsp3) is 0.0526. The van der Waals surface area contributed by atoms with E-state index in [1.165, 1.54) is 0 Å². The highest BCUT2D eigenvalue weighted by Crippen LogP contribution is 2.25. The van der Waals surface area contributed by atoms with Crippen molar-refractivity contribution in [2.24, 2.45) is 0 Å². The van der Waals surface area contributed by atoms with Crippen LogP contribution in [0.5, 0.6) is 5.75 Å². The molecule has 0 radical (unpaired) electrons. The summed E-state index contributed by atoms with van der Waals surface area (Å²) in [5.74, 6) is -0.239. The third kappa shape index (κ3) is 3.31. The van der Waals surface area contributed by atoms with Gasteiger partial charge in [-0.1, -0.05) is 34.1 Å². The first-order chi connectivity index (χ1) is 11.6. The normalized spacial score (nSPS) is 11.1. The van der Waals surface area contributed by atoms with E-state index in [9.17, 15) is 9.90 Å². The summed E-state index contributed by atoms with van der Waals surface area (Å²) in [7, 11) is 1.61. The second-order valence-electron chi connectivity index (χ2n) is 5.14. The number of aromatic nitrogens is 1. The van der Waals surface area contributed by atoms with E-state index in [0.29, 0.717) is 16.6 Å². The smallest absolute Gasteiger partial charge is 0.336 e. The van der Waals surface area contributed by atoms with Gasteiger partial charge in [-0.15, -0.1) is 0 Å². The minimum atomic E-state index is -0.969. The zero-order valence-electron chi connectivity index (χ0n) is 12.9. The van der Waals surface area contributed by atoms with E-state index in [0.717, 1.165) is 15.8 Å². The van der Waals surface area contributed by atoms with Gasteiger partial charge in [0.25, 0.3) is 0 Å². The lowest BCUT2D eigenvalue weighted by Crippen LogP contribution is -2.00. The van der Waals surface area contributed by atoms with Gasteiger partial charge in [-0.3, -0.25) is 0 Å². The summed E-state index contributed by atoms with van der Waals surface area (Å²) in [6.45, 7) is 0. The minimum Gasteiger partial charge on any atom is -0.496 e. The molecule has 1 heterocycles. The Hall–Kier alpha value is -2.66. The predicted molar refractivity (Wildman–Crippen MR) is 98.3 cm³/mol. The summed E-state index contributed by atoms with van der Waals surface area (Å²) >= 11 is 3.43. The highest BCUT2D eigenvalue weighted by Gasteiger charge is 2.10. The van der Waals surface area contributed by atoms with Crippen molar-refractivity contribution in [1.82, 2.24) is 4.98 Å². The number of hydrogen-bond donors (Lipinski definition) is 1. The van der Waals surface area contributed by atoms with Crippen molar-refractivity contribution in [2.75, 3.05) is 7.11 Å². The lowest BCUT2D eigenvalue weighted by atomic mass is 10.1. The number of para-hydroxylation sites is 1. The van der Waals surface area contributed by atoms with Crippen LogP contribution in [0.3, 0.4) is 0 Å². The molecule has 0 amide bonds. The predicted octanol–water partition coefficient (Wildman–Crippen LogP) is 4.87. The Morgan fingerprint density at radius 2 is 1.96 bits per heavy atom. The van der Waals surface area contributed by atoms with Crippen LogP contribution in [0.25, 0.3) is 23.1 Å². The van der Waals surface area contributed by atoms with Gasteiger partial charge in [0.15, 0.2) is 0 Å². The van der Waals surface area contributed by atoms with Crippen molar-refractivity contribution in [3.05, 3.63) is 69.8 Å². The van der Waals surface area contributed by atoms with E-state index in [4.69, 9.17) is 4.74 Å². The largest absolute Gasteiger partial charge is 0.496 e. The zero-order valence-corrected chi connectivity index (χ0v) is 14.4. The third-order valence-corrected chi connectivity index (χ3v) is 4.09. The summed E-state index contributed by atoms with van der Waals surface area (Å²) in [6.07, 6.45) is 3.63. The van der Waals surface area contributed by atoms with Crippen molar-refractivity contribution in [3.8, 4) is 5.75 Å². The maximum absolute atomic E-state index is 11.5. The molecule has 0 bridgehead atoms. The molecule has 4 nitrogen and oxygen atoms in total. The van der Waals surface area contributed by atoms with Crippen molar-refractivity contribution < 1.29 is 14.6 Å². The number of pyridine rings is 1. The SMILES string of the molecule is COc1ccc(Br)cc1C=Cc1cc(C(=O)O)c2ccccc2n1. The highest BCUT2D eigenvalue weighted by atomic mass is 79.9. The second-order valence-corrected chi connectivity index (χ2v) is 6.05. The molecule has 0 fully saturated rings. The lowest BCUT2D eigenvalue weighted by Gasteiger charge is -2.06. The van der Waals surface area contributed by atoms with E-state index in [1.54, 1.807) is 37.5 Å². The molecule has 0 aliphatic rings. The van der Waals surface area contributed by atoms with Crippen LogP contribution in [0.2, 0.25) is 0 Å². The van der Waals surface area contributed by atoms with Crippen molar-refractivity contribution in [2.45, 2.75) is 0 Å². The number of aromatic carboxylic acids is 1. The molecule has 1 aromatic heterocycles. The Kier molecular flexibility index (Phi) is 4.62. The number of carboxylic acids is 1. The standard InChI is InChI=1S/C19H14BrNO3/c1-24-18-9-7-13(20)10-12(18)6-8-14-11-16(19(22)23)15-4-2-3-5-17(15)21-14/h2-11H,1H3,(H,22,23). The number of hydrogen-bond acceptors (Lipinski definition) is 3. The quantitative estimate of drug-likeness (QED) is 0.697. The fourth-order valence-corrected chi connectivity index (χ4v) is 2.85. The number of ether oxygens (including phenoxy) is 1. The average Bonchev–Trinajstić information content (AvgIpc) is 2.59. The summed E-state index contributed by atoms with van der Waals surface area (Å²) in [5, 5.41) is 10.1. The number of carboxylic acid groups (broad SMARTS) is 1. The third-order valence-electron chi connectivity index (χ3n) is 3.59. The second kappa shape index (κ2) is 6.84. The van der Waals surface area contributed by atoms with Crippen LogP contribution < -0.4 is 4.74 Å². The summed E-state index contributed by atoms with van der Waals surface area (Å²) < 4.78 is 6.27. The monoisotopic (exact) mass is 383 g/mol. The number of halogens is 1. The molecule has 2 aromatic carbocycles. The molecule has 0 saturated carbocycles. The lowest BCUT2D eigenvalue weighted by molar-refractivity contribution is 0.0699. The molecule has 3 aromatic rings. The minimum absolute atomic E-state index is 0.237. The molecule has 0 saturated heterocycles. The van der Waals surface area contributed by atoms with Gasteiger partial charge in [0, 0.05) is 15.4 Å². The van der Waals surface area contributed by atoms with Crippen LogP contribution in [0.15, 0.2) is 53.0 Å². The molecule has 0 spiro atoms. The Morgan fingerprint density at radius 1 is 1.17 bits per heavy atom. The summed E-state index contributed by atoms with van der Waals surface area (Å²) in [4.78, 5) is 16.0. The van der Waals surface area contributed by atoms with E-state index in [1.807, 2.05) is 30.3 Å². The molecule has 24 heavy (non-hydrogen) atoms. The Bertz CT molecular complexity index is 950. The number of fused-ring (bicyclic) bond motifs is 1. The maximum atomic E-state index is 11.5. The molecule has 0 atom stereocenters. The van der Waals surface area contributed by atoms with Crippen LogP contribution in [-0.4, -0.2) is 23.2 Å². The van der Waals surface area contributed by atoms with Gasteiger partial charge in [0.05, 0.1) is 23.9 Å². The molecule has 3 rings (SSSR count). The Labute approximate surface area is 147 Å². The van der Waals surface area contributed by atoms with E-state index < -0.39 is 5.97 Å². The van der Waals surface area contributed by atoms with E-state index in [-0.39, 0.29) is 5.56 Å². The van der Waals surface area contributed by atoms with Crippen LogP contribution in [-0.2, 0) is 0 Å². The number of benzene rings is 2. The number of rotatable bonds is 4. The first kappa shape index (κ1) is 16.2. The summed E-state index contributed by atoms with van der Waals surface area (Å²) in [5.41, 5.74) is 2.34. The zero-order chi connectivity index (χ0) is 17.1. The van der Waals surface area contributed by atoms with E-state index in [2.05, 4.69) is 20.9 Å². The van der Waals surface area contributed by atoms with Gasteiger partial charge in [-0.2, -0.15) is 0 Å². The van der Waals surface area contributed by atoms with Crippen molar-refractivity contribution >= 4 is 45.0 Å². The summed E-state index contributed by atoms with van der Waals surface area (Å²) in [6, 6.07) is 14.5. The van der Waals surface area contributed by atoms with Crippen LogP contribution in [0, 0.1) is 0 Å². The van der Waals surface area contributed by atoms with Gasteiger partial charge in [0.2, 0.25) is 0 Å². The maximum Gasteiger partial charge on any atom is 0.336 e. The molecule has 0 unspecified atom stereocenters. The van der Waals surface area contributed by atoms with Crippen LogP contribution in [0.4, 0.5) is 0 Å². The number of methoxy groups -OCH3 is 1. The van der Waals surface area contributed by atoms with Gasteiger partial charge in [-0.25, -0.2) is 9.78 Å². The van der Waals surface area contributed by atoms with Gasteiger partial charge in [0.1, 0.15) is 5.75 Å². The highest BCUT2D eigenvalue weighted by molar-refractivity contribution is 9.10. The molecule has 120 valence electrons. The molecule has 5 heteroatoms. The van der Waals surface area contributed by atoms with E-state index >= 15 is 0 Å². The van der Waals surface area contributed by atoms with Crippen LogP contribution >= 0.6 is 15.9 Å². The molecular weight excluding hydrogens is 370 g/mol. The van der Waals surface area contributed by atoms with Gasteiger partial charge in [-0.05, 0) is 42.5 Å². The van der Waals surface area contributed by atoms with Crippen molar-refractivity contribution in [1.29, 1.82) is 0 Å². The number of carbonyl (C=O) groups is 1. The Morgan fingerprint density at radius 3 is 2.71 bits per heavy atom. The number of nitrogens with zero attached hydrogens (tertiary/aromatic N) is 1. The van der Waals surface area contributed by atoms with Gasteiger partial charge >= 0.3 is 5.97 Å². The van der Waals surface area contributed by atoms with Gasteiger partial charge < -0.3 is 9.84 Å². The van der Waals surface area contributed by atoms with Crippen LogP contribution in [0.1, 0.15) is 21.6 Å². The Balaban J connectivity index is 2.07. The first-order valence-corrected chi connectivity index (χ1v) is 8.02. The molecule has 1 N–H and O–H groups in total. The molecule has 0 aliphatic carbocycles. The molecule has 0 aliphatic heterocycles. The van der Waals surface area contributed by atoms with Crippen molar-refractivity contribution in [3.63, 3.8) is 0 Å². The first-order valence-electron chi connectivity index (χ1n) is 7.23. The molecular formula is C19H14BrNO3. The fourth-order valence-electron chi connectivity index (χ4n) is 2.47.